The van der Waals surface area contributed by atoms with Crippen molar-refractivity contribution in [1.82, 2.24) is 29.1 Å². The highest BCUT2D eigenvalue weighted by atomic mass is 19.2. The number of aliphatic carboxylic acids is 1. The number of aromatic nitrogens is 6. The quantitative estimate of drug-likeness (QED) is 0.00858. The molecule has 0 spiro atoms. The molecule has 0 atom stereocenters. The van der Waals surface area contributed by atoms with Crippen molar-refractivity contribution in [2.75, 3.05) is 92.3 Å². The van der Waals surface area contributed by atoms with Crippen molar-refractivity contribution in [1.29, 1.82) is 0 Å². The van der Waals surface area contributed by atoms with Crippen molar-refractivity contribution < 1.29 is 78.1 Å². The lowest BCUT2D eigenvalue weighted by Crippen LogP contribution is -2.43. The number of rotatable bonds is 29. The van der Waals surface area contributed by atoms with E-state index in [4.69, 9.17) is 41.1 Å². The highest BCUT2D eigenvalue weighted by molar-refractivity contribution is 6.07. The van der Waals surface area contributed by atoms with E-state index in [1.807, 2.05) is 36.4 Å². The number of para-hydroxylation sites is 2. The highest BCUT2D eigenvalue weighted by Crippen LogP contribution is 2.32. The Kier molecular flexibility index (Phi) is 25.0. The highest BCUT2D eigenvalue weighted by Gasteiger charge is 2.25. The smallest absolute Gasteiger partial charge is 0.313 e. The number of imidazole rings is 2. The number of nitrogens with two attached hydrogens (primary N) is 2. The van der Waals surface area contributed by atoms with Crippen LogP contribution >= 0.6 is 0 Å². The molecule has 4 heterocycles. The van der Waals surface area contributed by atoms with E-state index in [2.05, 4.69) is 78.0 Å². The summed E-state index contributed by atoms with van der Waals surface area (Å²) in [7, 11) is 8.56. The minimum atomic E-state index is -1.79. The molecule has 0 amide bonds. The van der Waals surface area contributed by atoms with Crippen LogP contribution in [-0.2, 0) is 45.0 Å². The number of hydrogen-bond acceptors (Lipinski definition) is 12. The SMILES string of the molecule is CCCCc1nc2c(N)nc3ccccc3c2n1CCCC[N+](C)(C)CCOCCC(=O)O.CCCCc1nc2c(N)nc3ccccc3c2n1CCCC[N+](C)(C)CCOCCC(=O)Oc1c(F)c(F)cc(F)c1F.Oc1c(F)c(F)cc(F)c1F. The molecule has 4 aromatic heterocycles. The van der Waals surface area contributed by atoms with Gasteiger partial charge in [0.05, 0.1) is 103 Å². The number of aromatic hydroxyl groups is 1. The number of pyridine rings is 2. The summed E-state index contributed by atoms with van der Waals surface area (Å²) in [6.07, 6.45) is 9.86. The number of carboxylic acid groups (broad SMARTS) is 1. The van der Waals surface area contributed by atoms with E-state index >= 15 is 0 Å². The predicted octanol–water partition coefficient (Wildman–Crippen LogP) is 11.7. The average molecular weight is 1230 g/mol. The summed E-state index contributed by atoms with van der Waals surface area (Å²) >= 11 is 0. The fraction of sp³-hybridized carbons (Fsp3) is 0.452. The van der Waals surface area contributed by atoms with Crippen molar-refractivity contribution in [3.05, 3.63) is 119 Å². The Morgan fingerprint density at radius 2 is 0.943 bits per heavy atom. The Morgan fingerprint density at radius 1 is 0.540 bits per heavy atom. The summed E-state index contributed by atoms with van der Waals surface area (Å²) in [6, 6.07) is 16.2. The zero-order chi connectivity index (χ0) is 63.6. The molecule has 0 saturated heterocycles. The molecule has 0 radical (unpaired) electrons. The third kappa shape index (κ3) is 18.6. The molecule has 0 aliphatic carbocycles. The van der Waals surface area contributed by atoms with Crippen LogP contribution in [0, 0.1) is 46.5 Å². The van der Waals surface area contributed by atoms with Crippen LogP contribution in [0.4, 0.5) is 46.8 Å². The van der Waals surface area contributed by atoms with Gasteiger partial charge in [-0.1, -0.05) is 63.1 Å². The molecule has 17 nitrogen and oxygen atoms in total. The van der Waals surface area contributed by atoms with Crippen LogP contribution < -0.4 is 16.2 Å². The second kappa shape index (κ2) is 31.8. The average Bonchev–Trinajstić information content (AvgIpc) is 1.67. The molecule has 0 bridgehead atoms. The van der Waals surface area contributed by atoms with Gasteiger partial charge < -0.3 is 54.0 Å². The maximum absolute atomic E-state index is 13.7. The number of quaternary nitrogens is 2. The molecule has 8 rings (SSSR count). The summed E-state index contributed by atoms with van der Waals surface area (Å²) in [5.74, 6) is -15.5. The molecule has 472 valence electrons. The third-order valence-corrected chi connectivity index (χ3v) is 14.6. The number of carbonyl (C=O) groups is 2. The summed E-state index contributed by atoms with van der Waals surface area (Å²) in [5, 5.41) is 19.2. The van der Waals surface area contributed by atoms with E-state index in [1.165, 1.54) is 0 Å². The minimum Gasteiger partial charge on any atom is -0.503 e. The standard InChI is InChI=1S/C31H38F4N5O3.C25H37N5O3.C6H2F4O/c1-4-5-12-24-38-28-29(20-10-6-7-11-23(20)37-31(28)36)39(24)14-8-9-15-40(2,3)16-18-42-17-13-25(41)43-30-26(34)21(32)19-22(33)27(30)35;1-4-5-12-21-28-23-24(19-10-6-7-11-20(19)27-25(23)26)29(21)14-8-9-15-30(2,3)16-18-33-17-13-22(31)32;7-2-1-3(8)5(10)6(11)4(2)9/h6-7,10-11,19H,4-5,8-9,12-18H2,1-3H3,(H2,36,37);6-7,10-11H,4-5,8-9,12-18H2,1-3H3,(H2-,26,27,31,32);1,11H/q+1;;/p+1. The monoisotopic (exact) mass is 1230 g/mol. The van der Waals surface area contributed by atoms with E-state index in [0.717, 1.165) is 157 Å². The van der Waals surface area contributed by atoms with Crippen molar-refractivity contribution in [3.63, 3.8) is 0 Å². The lowest BCUT2D eigenvalue weighted by Gasteiger charge is -2.29. The van der Waals surface area contributed by atoms with Gasteiger partial charge in [-0.25, -0.2) is 37.5 Å². The van der Waals surface area contributed by atoms with Gasteiger partial charge in [0.25, 0.3) is 0 Å². The number of nitrogens with zero attached hydrogens (tertiary/aromatic N) is 8. The zero-order valence-corrected chi connectivity index (χ0v) is 50.0. The molecule has 0 aliphatic rings. The summed E-state index contributed by atoms with van der Waals surface area (Å²) < 4.78 is 124. The number of aryl methyl sites for hydroxylation is 4. The molecule has 8 aromatic rings. The molecule has 0 aliphatic heterocycles. The largest absolute Gasteiger partial charge is 0.503 e. The number of anilines is 2. The first kappa shape index (κ1) is 68.4. The predicted molar refractivity (Wildman–Crippen MR) is 317 cm³/mol. The Balaban J connectivity index is 0.000000242. The maximum Gasteiger partial charge on any atom is 0.313 e. The van der Waals surface area contributed by atoms with E-state index < -0.39 is 70.0 Å². The van der Waals surface area contributed by atoms with Gasteiger partial charge in [0, 0.05) is 48.8 Å². The van der Waals surface area contributed by atoms with Crippen LogP contribution in [0.1, 0.15) is 89.7 Å². The van der Waals surface area contributed by atoms with Gasteiger partial charge in [-0.3, -0.25) is 9.59 Å². The Bertz CT molecular complexity index is 3590. The van der Waals surface area contributed by atoms with Crippen LogP contribution in [0.2, 0.25) is 0 Å². The van der Waals surface area contributed by atoms with Crippen molar-refractivity contribution in [2.24, 2.45) is 0 Å². The zero-order valence-electron chi connectivity index (χ0n) is 50.0. The van der Waals surface area contributed by atoms with Crippen molar-refractivity contribution in [3.8, 4) is 11.5 Å². The molecule has 6 N–H and O–H groups in total. The first-order valence-electron chi connectivity index (χ1n) is 29.0. The molecule has 0 saturated carbocycles. The van der Waals surface area contributed by atoms with Crippen LogP contribution in [-0.4, -0.2) is 141 Å². The number of ether oxygens (including phenoxy) is 3. The number of fused-ring (bicyclic) bond motifs is 6. The summed E-state index contributed by atoms with van der Waals surface area (Å²) in [6.45, 7) is 10.6. The van der Waals surface area contributed by atoms with Crippen molar-refractivity contribution in [2.45, 2.75) is 104 Å². The molecule has 87 heavy (non-hydrogen) atoms. The Hall–Kier alpha value is -7.74. The maximum atomic E-state index is 13.7. The van der Waals surface area contributed by atoms with E-state index in [-0.39, 0.29) is 38.2 Å². The Labute approximate surface area is 499 Å². The molecule has 4 aromatic carbocycles. The number of benzene rings is 4. The topological polar surface area (TPSA) is 216 Å². The summed E-state index contributed by atoms with van der Waals surface area (Å²) in [4.78, 5) is 41.4. The second-order valence-corrected chi connectivity index (χ2v) is 22.4. The number of carbonyl (C=O) groups excluding carboxylic acids is 1. The lowest BCUT2D eigenvalue weighted by atomic mass is 10.1. The van der Waals surface area contributed by atoms with Crippen LogP contribution in [0.3, 0.4) is 0 Å². The molecular formula is C62H78F8N10O7+2. The number of unbranched alkanes of at least 4 members (excludes halogenated alkanes) is 4. The number of likely N-dealkylation sites (N-methyl/N-ethyl adjacent to an activating group) is 2. The van der Waals surface area contributed by atoms with Gasteiger partial charge in [-0.15, -0.1) is 0 Å². The summed E-state index contributed by atoms with van der Waals surface area (Å²) in [5.41, 5.74) is 18.1. The third-order valence-electron chi connectivity index (χ3n) is 14.6. The Morgan fingerprint density at radius 3 is 1.36 bits per heavy atom. The fourth-order valence-corrected chi connectivity index (χ4v) is 9.69. The molecule has 0 unspecified atom stereocenters. The number of carboxylic acids is 1. The van der Waals surface area contributed by atoms with Gasteiger partial charge in [-0.05, 0) is 50.7 Å². The second-order valence-electron chi connectivity index (χ2n) is 22.4. The fourth-order valence-electron chi connectivity index (χ4n) is 9.69. The van der Waals surface area contributed by atoms with Gasteiger partial charge in [0.1, 0.15) is 35.8 Å². The van der Waals surface area contributed by atoms with E-state index in [1.54, 1.807) is 0 Å². The molecule has 0 fully saturated rings. The van der Waals surface area contributed by atoms with Gasteiger partial charge >= 0.3 is 11.9 Å². The molecular weight excluding hydrogens is 1150 g/mol. The first-order chi connectivity index (χ1) is 41.4. The van der Waals surface area contributed by atoms with Crippen LogP contribution in [0.15, 0.2) is 60.7 Å². The first-order valence-corrected chi connectivity index (χ1v) is 29.0. The minimum absolute atomic E-state index is 0.0182. The normalized spacial score (nSPS) is 11.8. The number of halogens is 8. The number of phenols is 1. The number of hydrogen-bond donors (Lipinski definition) is 4. The van der Waals surface area contributed by atoms with Crippen LogP contribution in [0.25, 0.3) is 43.9 Å². The number of esters is 1. The number of nitrogen functional groups attached to an aromatic ring is 2. The van der Waals surface area contributed by atoms with Crippen LogP contribution in [0.5, 0.6) is 11.5 Å². The number of phenolic OH excluding ortho intramolecular Hbond substituents is 1. The van der Waals surface area contributed by atoms with Gasteiger partial charge in [0.15, 0.2) is 40.7 Å². The molecule has 25 heteroatoms. The van der Waals surface area contributed by atoms with E-state index in [9.17, 15) is 44.7 Å². The van der Waals surface area contributed by atoms with Gasteiger partial charge in [0.2, 0.25) is 29.0 Å². The van der Waals surface area contributed by atoms with Crippen molar-refractivity contribution >= 4 is 67.4 Å². The van der Waals surface area contributed by atoms with Gasteiger partial charge in [-0.2, -0.15) is 17.6 Å². The lowest BCUT2D eigenvalue weighted by molar-refractivity contribution is -0.891. The van der Waals surface area contributed by atoms with E-state index in [0.29, 0.717) is 35.9 Å².